The quantitative estimate of drug-likeness (QED) is 0.910. The van der Waals surface area contributed by atoms with E-state index in [9.17, 15) is 0 Å². The zero-order chi connectivity index (χ0) is 13.8. The predicted molar refractivity (Wildman–Crippen MR) is 78.5 cm³/mol. The molecule has 2 aromatic rings. The van der Waals surface area contributed by atoms with E-state index in [-0.39, 0.29) is 0 Å². The van der Waals surface area contributed by atoms with E-state index in [1.807, 2.05) is 22.8 Å². The van der Waals surface area contributed by atoms with Crippen LogP contribution in [0.2, 0.25) is 5.02 Å². The van der Waals surface area contributed by atoms with Gasteiger partial charge in [-0.25, -0.2) is 4.98 Å². The molecule has 0 saturated carbocycles. The fourth-order valence-corrected chi connectivity index (χ4v) is 2.19. The van der Waals surface area contributed by atoms with E-state index in [0.29, 0.717) is 16.6 Å². The first-order valence-corrected chi connectivity index (χ1v) is 6.69. The van der Waals surface area contributed by atoms with Crippen molar-refractivity contribution in [2.24, 2.45) is 0 Å². The topological polar surface area (TPSA) is 53.1 Å². The van der Waals surface area contributed by atoms with Crippen LogP contribution in [0.5, 0.6) is 5.75 Å². The third-order valence-corrected chi connectivity index (χ3v) is 3.35. The lowest BCUT2D eigenvalue weighted by molar-refractivity contribution is 0.415. The highest BCUT2D eigenvalue weighted by atomic mass is 35.5. The first kappa shape index (κ1) is 13.7. The van der Waals surface area contributed by atoms with E-state index in [2.05, 4.69) is 11.9 Å². The molecule has 0 aliphatic heterocycles. The molecule has 0 bridgehead atoms. The number of rotatable bonds is 5. The van der Waals surface area contributed by atoms with Crippen LogP contribution in [0, 0.1) is 0 Å². The van der Waals surface area contributed by atoms with Crippen LogP contribution in [0.4, 0.5) is 5.82 Å². The Morgan fingerprint density at radius 2 is 2.21 bits per heavy atom. The van der Waals surface area contributed by atoms with E-state index in [1.54, 1.807) is 13.4 Å². The molecule has 0 saturated heterocycles. The number of aromatic nitrogens is 2. The average Bonchev–Trinajstić information content (AvgIpc) is 2.77. The van der Waals surface area contributed by atoms with Gasteiger partial charge in [0.05, 0.1) is 18.5 Å². The van der Waals surface area contributed by atoms with Crippen LogP contribution >= 0.6 is 11.6 Å². The van der Waals surface area contributed by atoms with Gasteiger partial charge < -0.3 is 15.0 Å². The van der Waals surface area contributed by atoms with E-state index < -0.39 is 0 Å². The van der Waals surface area contributed by atoms with Crippen molar-refractivity contribution in [3.8, 4) is 17.0 Å². The molecule has 0 unspecified atom stereocenters. The Morgan fingerprint density at radius 3 is 2.84 bits per heavy atom. The van der Waals surface area contributed by atoms with Gasteiger partial charge in [-0.3, -0.25) is 0 Å². The molecule has 19 heavy (non-hydrogen) atoms. The summed E-state index contributed by atoms with van der Waals surface area (Å²) >= 11 is 6.12. The minimum Gasteiger partial charge on any atom is -0.495 e. The van der Waals surface area contributed by atoms with Gasteiger partial charge in [-0.2, -0.15) is 0 Å². The monoisotopic (exact) mass is 279 g/mol. The Balaban J connectivity index is 2.31. The number of methoxy groups -OCH3 is 1. The standard InChI is InChI=1S/C14H18ClN3O/c1-3-4-7-18-9-17-13(14(18)16)10-5-6-12(19-2)11(15)8-10/h5-6,8-9H,3-4,7,16H2,1-2H3. The molecular weight excluding hydrogens is 262 g/mol. The molecular formula is C14H18ClN3O. The van der Waals surface area contributed by atoms with Gasteiger partial charge in [0, 0.05) is 12.1 Å². The number of ether oxygens (including phenoxy) is 1. The maximum Gasteiger partial charge on any atom is 0.137 e. The number of imidazole rings is 1. The third kappa shape index (κ3) is 2.84. The van der Waals surface area contributed by atoms with E-state index in [1.165, 1.54) is 0 Å². The summed E-state index contributed by atoms with van der Waals surface area (Å²) < 4.78 is 7.10. The van der Waals surface area contributed by atoms with Gasteiger partial charge in [0.25, 0.3) is 0 Å². The van der Waals surface area contributed by atoms with E-state index in [4.69, 9.17) is 22.1 Å². The minimum absolute atomic E-state index is 0.558. The number of nitrogen functional groups attached to an aromatic ring is 1. The zero-order valence-electron chi connectivity index (χ0n) is 11.2. The van der Waals surface area contributed by atoms with Gasteiger partial charge in [0.1, 0.15) is 17.3 Å². The van der Waals surface area contributed by atoms with Crippen LogP contribution in [-0.2, 0) is 6.54 Å². The van der Waals surface area contributed by atoms with Crippen LogP contribution in [0.3, 0.4) is 0 Å². The highest BCUT2D eigenvalue weighted by molar-refractivity contribution is 6.32. The van der Waals surface area contributed by atoms with Gasteiger partial charge >= 0.3 is 0 Å². The number of aryl methyl sites for hydroxylation is 1. The molecule has 4 nitrogen and oxygen atoms in total. The Morgan fingerprint density at radius 1 is 1.42 bits per heavy atom. The molecule has 0 fully saturated rings. The predicted octanol–water partition coefficient (Wildman–Crippen LogP) is 3.59. The highest BCUT2D eigenvalue weighted by Crippen LogP contribution is 2.31. The summed E-state index contributed by atoms with van der Waals surface area (Å²) in [7, 11) is 1.59. The van der Waals surface area contributed by atoms with Gasteiger partial charge in [-0.15, -0.1) is 0 Å². The van der Waals surface area contributed by atoms with Crippen molar-refractivity contribution in [1.29, 1.82) is 0 Å². The molecule has 0 atom stereocenters. The van der Waals surface area contributed by atoms with Crippen LogP contribution in [0.15, 0.2) is 24.5 Å². The molecule has 1 aromatic heterocycles. The maximum absolute atomic E-state index is 6.12. The minimum atomic E-state index is 0.558. The zero-order valence-corrected chi connectivity index (χ0v) is 11.9. The average molecular weight is 280 g/mol. The summed E-state index contributed by atoms with van der Waals surface area (Å²) in [5.74, 6) is 1.32. The van der Waals surface area contributed by atoms with Crippen LogP contribution in [-0.4, -0.2) is 16.7 Å². The van der Waals surface area contributed by atoms with Crippen molar-refractivity contribution in [2.75, 3.05) is 12.8 Å². The summed E-state index contributed by atoms with van der Waals surface area (Å²) in [5, 5.41) is 0.558. The third-order valence-electron chi connectivity index (χ3n) is 3.06. The highest BCUT2D eigenvalue weighted by Gasteiger charge is 2.11. The van der Waals surface area contributed by atoms with Crippen molar-refractivity contribution < 1.29 is 4.74 Å². The molecule has 0 amide bonds. The lowest BCUT2D eigenvalue weighted by Crippen LogP contribution is -2.02. The second-order valence-electron chi connectivity index (χ2n) is 4.37. The number of halogens is 1. The van der Waals surface area contributed by atoms with Crippen LogP contribution < -0.4 is 10.5 Å². The first-order valence-electron chi connectivity index (χ1n) is 6.32. The fraction of sp³-hybridized carbons (Fsp3) is 0.357. The first-order chi connectivity index (χ1) is 9.17. The van der Waals surface area contributed by atoms with Crippen molar-refractivity contribution in [1.82, 2.24) is 9.55 Å². The normalized spacial score (nSPS) is 10.7. The molecule has 102 valence electrons. The van der Waals surface area contributed by atoms with Crippen LogP contribution in [0.1, 0.15) is 19.8 Å². The Labute approximate surface area is 118 Å². The smallest absolute Gasteiger partial charge is 0.137 e. The van der Waals surface area contributed by atoms with E-state index in [0.717, 1.165) is 30.6 Å². The molecule has 0 aliphatic rings. The SMILES string of the molecule is CCCCn1cnc(-c2ccc(OC)c(Cl)c2)c1N. The van der Waals surface area contributed by atoms with Crippen molar-refractivity contribution in [3.05, 3.63) is 29.5 Å². The van der Waals surface area contributed by atoms with Gasteiger partial charge in [0.2, 0.25) is 0 Å². The van der Waals surface area contributed by atoms with E-state index >= 15 is 0 Å². The Kier molecular flexibility index (Phi) is 4.32. The number of hydrogen-bond acceptors (Lipinski definition) is 3. The number of unbranched alkanes of at least 4 members (excludes halogenated alkanes) is 1. The molecule has 2 rings (SSSR count). The summed E-state index contributed by atoms with van der Waals surface area (Å²) in [6.45, 7) is 3.04. The number of nitrogens with two attached hydrogens (primary N) is 1. The number of nitrogens with zero attached hydrogens (tertiary/aromatic N) is 2. The Hall–Kier alpha value is -1.68. The molecule has 2 N–H and O–H groups in total. The number of anilines is 1. The summed E-state index contributed by atoms with van der Waals surface area (Å²) in [6, 6.07) is 5.55. The molecule has 0 spiro atoms. The molecule has 0 aliphatic carbocycles. The maximum atomic E-state index is 6.12. The molecule has 1 heterocycles. The lowest BCUT2D eigenvalue weighted by Gasteiger charge is -2.07. The summed E-state index contributed by atoms with van der Waals surface area (Å²) in [6.07, 6.45) is 3.99. The second-order valence-corrected chi connectivity index (χ2v) is 4.78. The fourth-order valence-electron chi connectivity index (χ4n) is 1.93. The van der Waals surface area contributed by atoms with Crippen molar-refractivity contribution in [2.45, 2.75) is 26.3 Å². The largest absolute Gasteiger partial charge is 0.495 e. The molecule has 1 aromatic carbocycles. The van der Waals surface area contributed by atoms with Crippen molar-refractivity contribution >= 4 is 17.4 Å². The number of benzene rings is 1. The van der Waals surface area contributed by atoms with Gasteiger partial charge in [0.15, 0.2) is 0 Å². The summed E-state index contributed by atoms with van der Waals surface area (Å²) in [5.41, 5.74) is 7.79. The molecule has 5 heteroatoms. The second kappa shape index (κ2) is 5.97. The van der Waals surface area contributed by atoms with Crippen LogP contribution in [0.25, 0.3) is 11.3 Å². The van der Waals surface area contributed by atoms with Crippen molar-refractivity contribution in [3.63, 3.8) is 0 Å². The number of hydrogen-bond donors (Lipinski definition) is 1. The van der Waals surface area contributed by atoms with Gasteiger partial charge in [-0.05, 0) is 24.6 Å². The Bertz CT molecular complexity index is 566. The molecule has 0 radical (unpaired) electrons. The lowest BCUT2D eigenvalue weighted by atomic mass is 10.1. The summed E-state index contributed by atoms with van der Waals surface area (Å²) in [4.78, 5) is 4.37. The van der Waals surface area contributed by atoms with Gasteiger partial charge in [-0.1, -0.05) is 24.9 Å².